The Bertz CT molecular complexity index is 1310. The average Bonchev–Trinajstić information content (AvgIpc) is 3.17. The van der Waals surface area contributed by atoms with Crippen molar-refractivity contribution in [1.29, 1.82) is 0 Å². The number of non-ortho nitro benzene ring substituents is 1. The van der Waals surface area contributed by atoms with Crippen molar-refractivity contribution in [1.82, 2.24) is 9.80 Å². The zero-order valence-electron chi connectivity index (χ0n) is 23.7. The number of nitrogens with zero attached hydrogens (tertiary/aromatic N) is 3. The van der Waals surface area contributed by atoms with E-state index in [1.165, 1.54) is 41.2 Å². The fourth-order valence-electron chi connectivity index (χ4n) is 6.21. The van der Waals surface area contributed by atoms with Crippen LogP contribution in [0.2, 0.25) is 0 Å². The maximum absolute atomic E-state index is 13.1. The van der Waals surface area contributed by atoms with Crippen molar-refractivity contribution >= 4 is 11.5 Å². The number of fused-ring (bicyclic) bond motifs is 1. The van der Waals surface area contributed by atoms with Crippen molar-refractivity contribution < 1.29 is 9.72 Å². The van der Waals surface area contributed by atoms with E-state index in [2.05, 4.69) is 53.1 Å². The first-order chi connectivity index (χ1) is 19.4. The molecule has 2 heterocycles. The van der Waals surface area contributed by atoms with Gasteiger partial charge >= 0.3 is 0 Å². The summed E-state index contributed by atoms with van der Waals surface area (Å²) in [7, 11) is 0. The van der Waals surface area contributed by atoms with Gasteiger partial charge in [-0.2, -0.15) is 0 Å². The predicted octanol–water partition coefficient (Wildman–Crippen LogP) is 6.77. The van der Waals surface area contributed by atoms with E-state index >= 15 is 0 Å². The highest BCUT2D eigenvalue weighted by molar-refractivity contribution is 5.96. The molecule has 0 aliphatic carbocycles. The number of hydrogen-bond donors (Lipinski definition) is 0. The van der Waals surface area contributed by atoms with Gasteiger partial charge in [0.25, 0.3) is 5.69 Å². The van der Waals surface area contributed by atoms with E-state index in [1.807, 2.05) is 12.1 Å². The Labute approximate surface area is 238 Å². The molecule has 1 fully saturated rings. The summed E-state index contributed by atoms with van der Waals surface area (Å²) >= 11 is 0. The number of ketones is 1. The van der Waals surface area contributed by atoms with E-state index in [4.69, 9.17) is 0 Å². The molecular formula is C34H41N3O3. The largest absolute Gasteiger partial charge is 0.299 e. The Hall–Kier alpha value is -3.35. The zero-order chi connectivity index (χ0) is 27.9. The highest BCUT2D eigenvalue weighted by Gasteiger charge is 2.20. The number of nitro benzene ring substituents is 1. The van der Waals surface area contributed by atoms with Gasteiger partial charge in [-0.3, -0.25) is 24.7 Å². The number of carbonyl (C=O) groups is 1. The second-order valence-electron chi connectivity index (χ2n) is 11.7. The van der Waals surface area contributed by atoms with Crippen LogP contribution in [0.3, 0.4) is 0 Å². The van der Waals surface area contributed by atoms with Crippen LogP contribution in [-0.4, -0.2) is 46.7 Å². The van der Waals surface area contributed by atoms with Crippen LogP contribution in [0, 0.1) is 23.0 Å². The monoisotopic (exact) mass is 539 g/mol. The molecule has 0 spiro atoms. The van der Waals surface area contributed by atoms with Crippen molar-refractivity contribution in [3.63, 3.8) is 0 Å². The topological polar surface area (TPSA) is 66.7 Å². The van der Waals surface area contributed by atoms with Gasteiger partial charge in [-0.15, -0.1) is 0 Å². The van der Waals surface area contributed by atoms with Gasteiger partial charge in [0.05, 0.1) is 4.92 Å². The van der Waals surface area contributed by atoms with Crippen LogP contribution >= 0.6 is 0 Å². The number of likely N-dealkylation sites (tertiary alicyclic amines) is 1. The number of rotatable bonds is 10. The minimum Gasteiger partial charge on any atom is -0.299 e. The Kier molecular flexibility index (Phi) is 9.40. The molecule has 210 valence electrons. The molecule has 0 saturated carbocycles. The lowest BCUT2D eigenvalue weighted by molar-refractivity contribution is -0.384. The molecule has 0 bridgehead atoms. The van der Waals surface area contributed by atoms with Crippen LogP contribution in [0.1, 0.15) is 70.3 Å². The number of aryl methyl sites for hydroxylation is 1. The second kappa shape index (κ2) is 13.3. The number of piperidine rings is 1. The van der Waals surface area contributed by atoms with Gasteiger partial charge in [-0.25, -0.2) is 0 Å². The first kappa shape index (κ1) is 28.2. The lowest BCUT2D eigenvalue weighted by Crippen LogP contribution is -2.33. The summed E-state index contributed by atoms with van der Waals surface area (Å²) in [5.74, 6) is 0.989. The van der Waals surface area contributed by atoms with Gasteiger partial charge in [-0.05, 0) is 92.8 Å². The second-order valence-corrected chi connectivity index (χ2v) is 11.7. The number of carbonyl (C=O) groups excluding carboxylic acids is 1. The third kappa shape index (κ3) is 7.64. The number of benzene rings is 3. The summed E-state index contributed by atoms with van der Waals surface area (Å²) in [6, 6.07) is 22.1. The molecule has 0 radical (unpaired) electrons. The quantitative estimate of drug-likeness (QED) is 0.162. The first-order valence-electron chi connectivity index (χ1n) is 14.8. The van der Waals surface area contributed by atoms with E-state index in [1.54, 1.807) is 12.1 Å². The molecule has 40 heavy (non-hydrogen) atoms. The van der Waals surface area contributed by atoms with Crippen LogP contribution < -0.4 is 0 Å². The van der Waals surface area contributed by atoms with Crippen molar-refractivity contribution in [2.24, 2.45) is 5.92 Å². The molecule has 0 atom stereocenters. The van der Waals surface area contributed by atoms with E-state index < -0.39 is 0 Å². The van der Waals surface area contributed by atoms with Gasteiger partial charge in [0.1, 0.15) is 0 Å². The van der Waals surface area contributed by atoms with Crippen LogP contribution in [0.15, 0.2) is 66.7 Å². The molecule has 0 amide bonds. The minimum atomic E-state index is -0.337. The Morgan fingerprint density at radius 1 is 0.850 bits per heavy atom. The molecule has 0 unspecified atom stereocenters. The molecule has 3 aromatic carbocycles. The van der Waals surface area contributed by atoms with Crippen molar-refractivity contribution in [2.75, 3.05) is 26.2 Å². The lowest BCUT2D eigenvalue weighted by atomic mass is 9.90. The summed E-state index contributed by atoms with van der Waals surface area (Å²) in [6.45, 7) is 7.96. The zero-order valence-corrected chi connectivity index (χ0v) is 23.7. The van der Waals surface area contributed by atoms with Gasteiger partial charge < -0.3 is 0 Å². The third-order valence-corrected chi connectivity index (χ3v) is 8.70. The number of hydrogen-bond acceptors (Lipinski definition) is 5. The van der Waals surface area contributed by atoms with Gasteiger partial charge in [0.2, 0.25) is 0 Å². The SMILES string of the molecule is Cc1ccc(CN2CCC(CCCC(=O)c3ccc4c(c3)CCN(Cc3cccc([N+](=O)[O-])c3)CC4)CC2)cc1. The molecule has 6 heteroatoms. The third-order valence-electron chi connectivity index (χ3n) is 8.70. The molecule has 2 aliphatic heterocycles. The van der Waals surface area contributed by atoms with E-state index in [0.717, 1.165) is 75.5 Å². The fraction of sp³-hybridized carbons (Fsp3) is 0.441. The summed E-state index contributed by atoms with van der Waals surface area (Å²) in [5.41, 5.74) is 7.24. The molecule has 0 N–H and O–H groups in total. The number of Topliss-reactive ketones (excluding diaryl/α,β-unsaturated/α-hetero) is 1. The summed E-state index contributed by atoms with van der Waals surface area (Å²) < 4.78 is 0. The summed E-state index contributed by atoms with van der Waals surface area (Å²) in [5, 5.41) is 11.1. The molecule has 1 saturated heterocycles. The minimum absolute atomic E-state index is 0.141. The Morgan fingerprint density at radius 3 is 2.30 bits per heavy atom. The van der Waals surface area contributed by atoms with Gasteiger partial charge in [-0.1, -0.05) is 54.1 Å². The van der Waals surface area contributed by atoms with Gasteiger partial charge in [0.15, 0.2) is 5.78 Å². The first-order valence-corrected chi connectivity index (χ1v) is 14.8. The normalized spacial score (nSPS) is 16.8. The van der Waals surface area contributed by atoms with Crippen molar-refractivity contribution in [3.8, 4) is 0 Å². The molecule has 2 aliphatic rings. The maximum atomic E-state index is 13.1. The summed E-state index contributed by atoms with van der Waals surface area (Å²) in [4.78, 5) is 28.8. The van der Waals surface area contributed by atoms with E-state index in [9.17, 15) is 14.9 Å². The molecule has 3 aromatic rings. The Balaban J connectivity index is 1.05. The molecular weight excluding hydrogens is 498 g/mol. The molecule has 5 rings (SSSR count). The Morgan fingerprint density at radius 2 is 1.55 bits per heavy atom. The average molecular weight is 540 g/mol. The van der Waals surface area contributed by atoms with Crippen molar-refractivity contribution in [3.05, 3.63) is 110 Å². The maximum Gasteiger partial charge on any atom is 0.269 e. The van der Waals surface area contributed by atoms with Crippen LogP contribution in [0.25, 0.3) is 0 Å². The highest BCUT2D eigenvalue weighted by Crippen LogP contribution is 2.25. The molecule has 0 aromatic heterocycles. The van der Waals surface area contributed by atoms with E-state index in [0.29, 0.717) is 13.0 Å². The standard InChI is InChI=1S/C34H41N3O3/c1-26-8-10-28(11-9-26)24-35-18-14-27(15-19-35)4-3-7-34(38)32-13-12-30-16-20-36(21-17-31(30)23-32)25-29-5-2-6-33(22-29)37(39)40/h2,5-6,8-13,22-23,27H,3-4,7,14-21,24-25H2,1H3. The van der Waals surface area contributed by atoms with E-state index in [-0.39, 0.29) is 16.4 Å². The van der Waals surface area contributed by atoms with Crippen molar-refractivity contribution in [2.45, 2.75) is 65.0 Å². The fourth-order valence-corrected chi connectivity index (χ4v) is 6.21. The highest BCUT2D eigenvalue weighted by atomic mass is 16.6. The predicted molar refractivity (Wildman–Crippen MR) is 160 cm³/mol. The van der Waals surface area contributed by atoms with Gasteiger partial charge in [0, 0.05) is 50.3 Å². The number of nitro groups is 1. The smallest absolute Gasteiger partial charge is 0.269 e. The van der Waals surface area contributed by atoms with Crippen LogP contribution in [0.4, 0.5) is 5.69 Å². The lowest BCUT2D eigenvalue weighted by Gasteiger charge is -2.32. The molecule has 6 nitrogen and oxygen atoms in total. The van der Waals surface area contributed by atoms with Crippen LogP contribution in [-0.2, 0) is 25.9 Å². The van der Waals surface area contributed by atoms with Crippen LogP contribution in [0.5, 0.6) is 0 Å². The summed E-state index contributed by atoms with van der Waals surface area (Å²) in [6.07, 6.45) is 7.02.